The number of nitrogens with one attached hydrogen (secondary N) is 1. The molecule has 2 aliphatic rings. The standard InChI is InChI=1S/C15H30N2OS/c1-2-3-4-5-6-14(17-16)13-7-9-18-15(11-13)8-10-19-12-15/h13-14,17H,2-12,16H2,1H3. The predicted molar refractivity (Wildman–Crippen MR) is 83.2 cm³/mol. The van der Waals surface area contributed by atoms with Gasteiger partial charge in [0.1, 0.15) is 0 Å². The molecule has 4 heteroatoms. The normalized spacial score (nSPS) is 32.8. The Balaban J connectivity index is 1.80. The van der Waals surface area contributed by atoms with Gasteiger partial charge < -0.3 is 4.74 Å². The highest BCUT2D eigenvalue weighted by Crippen LogP contribution is 2.41. The van der Waals surface area contributed by atoms with Gasteiger partial charge in [-0.3, -0.25) is 11.3 Å². The Labute approximate surface area is 122 Å². The maximum Gasteiger partial charge on any atom is 0.0783 e. The Morgan fingerprint density at radius 1 is 1.42 bits per heavy atom. The van der Waals surface area contributed by atoms with Crippen LogP contribution in [0.3, 0.4) is 0 Å². The number of hydrogen-bond donors (Lipinski definition) is 2. The lowest BCUT2D eigenvalue weighted by molar-refractivity contribution is -0.0856. The van der Waals surface area contributed by atoms with Gasteiger partial charge >= 0.3 is 0 Å². The van der Waals surface area contributed by atoms with E-state index in [1.807, 2.05) is 11.8 Å². The summed E-state index contributed by atoms with van der Waals surface area (Å²) in [4.78, 5) is 0. The lowest BCUT2D eigenvalue weighted by Crippen LogP contribution is -2.48. The molecule has 0 amide bonds. The van der Waals surface area contributed by atoms with Gasteiger partial charge in [-0.2, -0.15) is 11.8 Å². The Hall–Kier alpha value is 0.230. The molecule has 3 N–H and O–H groups in total. The molecule has 112 valence electrons. The predicted octanol–water partition coefficient (Wildman–Crippen LogP) is 3.09. The third-order valence-electron chi connectivity index (χ3n) is 4.75. The molecule has 0 aliphatic carbocycles. The van der Waals surface area contributed by atoms with Crippen molar-refractivity contribution in [2.24, 2.45) is 11.8 Å². The summed E-state index contributed by atoms with van der Waals surface area (Å²) in [5.41, 5.74) is 3.28. The Morgan fingerprint density at radius 2 is 2.32 bits per heavy atom. The summed E-state index contributed by atoms with van der Waals surface area (Å²) < 4.78 is 6.10. The van der Waals surface area contributed by atoms with E-state index in [4.69, 9.17) is 10.6 Å². The van der Waals surface area contributed by atoms with Crippen LogP contribution in [0.2, 0.25) is 0 Å². The lowest BCUT2D eigenvalue weighted by Gasteiger charge is -2.40. The molecular weight excluding hydrogens is 256 g/mol. The summed E-state index contributed by atoms with van der Waals surface area (Å²) in [6.45, 7) is 3.19. The van der Waals surface area contributed by atoms with Crippen LogP contribution in [0.4, 0.5) is 0 Å². The Bertz CT molecular complexity index is 257. The van der Waals surface area contributed by atoms with Crippen molar-refractivity contribution < 1.29 is 4.74 Å². The molecule has 3 atom stereocenters. The number of hydrogen-bond acceptors (Lipinski definition) is 4. The van der Waals surface area contributed by atoms with Crippen molar-refractivity contribution in [2.75, 3.05) is 18.1 Å². The summed E-state index contributed by atoms with van der Waals surface area (Å²) in [5, 5.41) is 0. The smallest absolute Gasteiger partial charge is 0.0783 e. The highest BCUT2D eigenvalue weighted by molar-refractivity contribution is 7.99. The molecular formula is C15H30N2OS. The molecule has 0 radical (unpaired) electrons. The van der Waals surface area contributed by atoms with Crippen molar-refractivity contribution in [1.82, 2.24) is 5.43 Å². The number of ether oxygens (including phenoxy) is 1. The first-order valence-electron chi connectivity index (χ1n) is 7.97. The van der Waals surface area contributed by atoms with E-state index in [9.17, 15) is 0 Å². The van der Waals surface area contributed by atoms with Gasteiger partial charge in [0.2, 0.25) is 0 Å². The highest BCUT2D eigenvalue weighted by atomic mass is 32.2. The van der Waals surface area contributed by atoms with Gasteiger partial charge in [0.15, 0.2) is 0 Å². The van der Waals surface area contributed by atoms with Gasteiger partial charge in [-0.05, 0) is 37.4 Å². The van der Waals surface area contributed by atoms with Gasteiger partial charge in [-0.25, -0.2) is 0 Å². The maximum absolute atomic E-state index is 6.10. The zero-order chi connectivity index (χ0) is 13.6. The lowest BCUT2D eigenvalue weighted by atomic mass is 9.80. The van der Waals surface area contributed by atoms with Gasteiger partial charge in [0.25, 0.3) is 0 Å². The van der Waals surface area contributed by atoms with Crippen molar-refractivity contribution in [1.29, 1.82) is 0 Å². The largest absolute Gasteiger partial charge is 0.374 e. The van der Waals surface area contributed by atoms with E-state index in [-0.39, 0.29) is 5.60 Å². The fourth-order valence-corrected chi connectivity index (χ4v) is 4.90. The van der Waals surface area contributed by atoms with Gasteiger partial charge in [0, 0.05) is 18.4 Å². The first-order valence-corrected chi connectivity index (χ1v) is 9.13. The SMILES string of the molecule is CCCCCCC(NN)C1CCOC2(CCSC2)C1. The monoisotopic (exact) mass is 286 g/mol. The van der Waals surface area contributed by atoms with Crippen molar-refractivity contribution in [3.63, 3.8) is 0 Å². The zero-order valence-electron chi connectivity index (χ0n) is 12.3. The van der Waals surface area contributed by atoms with E-state index >= 15 is 0 Å². The minimum absolute atomic E-state index is 0.187. The second-order valence-electron chi connectivity index (χ2n) is 6.21. The average molecular weight is 286 g/mol. The summed E-state index contributed by atoms with van der Waals surface area (Å²) in [5.74, 6) is 8.98. The molecule has 0 saturated carbocycles. The number of hydrazine groups is 1. The number of rotatable bonds is 7. The third kappa shape index (κ3) is 4.35. The molecule has 3 nitrogen and oxygen atoms in total. The van der Waals surface area contributed by atoms with E-state index in [0.29, 0.717) is 12.0 Å². The molecule has 0 bridgehead atoms. The fourth-order valence-electron chi connectivity index (χ4n) is 3.52. The van der Waals surface area contributed by atoms with Crippen LogP contribution in [-0.2, 0) is 4.74 Å². The van der Waals surface area contributed by atoms with E-state index in [1.165, 1.54) is 62.9 Å². The average Bonchev–Trinajstić information content (AvgIpc) is 2.87. The van der Waals surface area contributed by atoms with Crippen LogP contribution in [-0.4, -0.2) is 29.8 Å². The van der Waals surface area contributed by atoms with Crippen molar-refractivity contribution >= 4 is 11.8 Å². The van der Waals surface area contributed by atoms with E-state index in [2.05, 4.69) is 12.3 Å². The van der Waals surface area contributed by atoms with E-state index in [1.54, 1.807) is 0 Å². The fraction of sp³-hybridized carbons (Fsp3) is 1.00. The van der Waals surface area contributed by atoms with Crippen LogP contribution in [0, 0.1) is 5.92 Å². The first-order chi connectivity index (χ1) is 9.29. The van der Waals surface area contributed by atoms with E-state index in [0.717, 1.165) is 6.61 Å². The molecule has 2 aliphatic heterocycles. The molecule has 3 unspecified atom stereocenters. The number of thioether (sulfide) groups is 1. The zero-order valence-corrected chi connectivity index (χ0v) is 13.1. The van der Waals surface area contributed by atoms with E-state index < -0.39 is 0 Å². The molecule has 19 heavy (non-hydrogen) atoms. The maximum atomic E-state index is 6.10. The molecule has 0 aromatic heterocycles. The quantitative estimate of drug-likeness (QED) is 0.429. The molecule has 2 saturated heterocycles. The first kappa shape index (κ1) is 15.6. The van der Waals surface area contributed by atoms with Crippen LogP contribution in [0.5, 0.6) is 0 Å². The minimum atomic E-state index is 0.187. The third-order valence-corrected chi connectivity index (χ3v) is 5.97. The van der Waals surface area contributed by atoms with Crippen molar-refractivity contribution in [3.8, 4) is 0 Å². The summed E-state index contributed by atoms with van der Waals surface area (Å²) in [6, 6.07) is 0.489. The second-order valence-corrected chi connectivity index (χ2v) is 7.31. The van der Waals surface area contributed by atoms with Crippen LogP contribution >= 0.6 is 11.8 Å². The summed E-state index contributed by atoms with van der Waals surface area (Å²) in [7, 11) is 0. The van der Waals surface area contributed by atoms with Crippen LogP contribution in [0.15, 0.2) is 0 Å². The highest BCUT2D eigenvalue weighted by Gasteiger charge is 2.42. The molecule has 0 aromatic carbocycles. The topological polar surface area (TPSA) is 47.3 Å². The van der Waals surface area contributed by atoms with Crippen molar-refractivity contribution in [3.05, 3.63) is 0 Å². The summed E-state index contributed by atoms with van der Waals surface area (Å²) >= 11 is 2.05. The van der Waals surface area contributed by atoms with Gasteiger partial charge in [-0.1, -0.05) is 32.6 Å². The number of unbranched alkanes of at least 4 members (excludes halogenated alkanes) is 3. The van der Waals surface area contributed by atoms with Gasteiger partial charge in [-0.15, -0.1) is 0 Å². The molecule has 2 heterocycles. The van der Waals surface area contributed by atoms with Crippen LogP contribution in [0.25, 0.3) is 0 Å². The molecule has 0 aromatic rings. The Kier molecular flexibility index (Phi) is 6.46. The number of nitrogens with two attached hydrogens (primary N) is 1. The minimum Gasteiger partial charge on any atom is -0.374 e. The second kappa shape index (κ2) is 7.87. The summed E-state index contributed by atoms with van der Waals surface area (Å²) in [6.07, 6.45) is 10.2. The van der Waals surface area contributed by atoms with Crippen LogP contribution in [0.1, 0.15) is 58.3 Å². The van der Waals surface area contributed by atoms with Crippen molar-refractivity contribution in [2.45, 2.75) is 69.9 Å². The molecule has 1 spiro atoms. The Morgan fingerprint density at radius 3 is 3.00 bits per heavy atom. The van der Waals surface area contributed by atoms with Gasteiger partial charge in [0.05, 0.1) is 5.60 Å². The molecule has 2 fully saturated rings. The van der Waals surface area contributed by atoms with Crippen LogP contribution < -0.4 is 11.3 Å². The molecule has 2 rings (SSSR count).